The van der Waals surface area contributed by atoms with Gasteiger partial charge in [-0.1, -0.05) is 10.4 Å². The van der Waals surface area contributed by atoms with Gasteiger partial charge in [-0.25, -0.2) is 14.3 Å². The van der Waals surface area contributed by atoms with Crippen LogP contribution in [0.15, 0.2) is 24.5 Å². The van der Waals surface area contributed by atoms with Crippen LogP contribution >= 0.6 is 0 Å². The number of aryl methyl sites for hydroxylation is 1. The summed E-state index contributed by atoms with van der Waals surface area (Å²) in [7, 11) is 0. The van der Waals surface area contributed by atoms with Crippen LogP contribution in [-0.4, -0.2) is 57.4 Å². The van der Waals surface area contributed by atoms with Crippen molar-refractivity contribution in [3.05, 3.63) is 41.6 Å². The van der Waals surface area contributed by atoms with Crippen LogP contribution in [0.5, 0.6) is 5.88 Å². The van der Waals surface area contributed by atoms with E-state index in [0.29, 0.717) is 36.9 Å². The van der Waals surface area contributed by atoms with Gasteiger partial charge < -0.3 is 9.64 Å². The van der Waals surface area contributed by atoms with Crippen molar-refractivity contribution in [2.45, 2.75) is 52.3 Å². The number of hydrogen-bond donors (Lipinski definition) is 0. The van der Waals surface area contributed by atoms with Gasteiger partial charge in [-0.15, -0.1) is 10.2 Å². The summed E-state index contributed by atoms with van der Waals surface area (Å²) in [5.41, 5.74) is 4.25. The van der Waals surface area contributed by atoms with Crippen molar-refractivity contribution < 1.29 is 4.74 Å². The summed E-state index contributed by atoms with van der Waals surface area (Å²) >= 11 is 0. The molecule has 178 valence electrons. The molecule has 12 nitrogen and oxygen atoms in total. The van der Waals surface area contributed by atoms with Gasteiger partial charge in [0.2, 0.25) is 5.88 Å². The second kappa shape index (κ2) is 9.06. The highest BCUT2D eigenvalue weighted by Crippen LogP contribution is 2.32. The van der Waals surface area contributed by atoms with Crippen molar-refractivity contribution >= 4 is 5.65 Å². The molecule has 35 heavy (non-hydrogen) atoms. The Bertz CT molecular complexity index is 1440. The molecule has 4 aromatic heterocycles. The van der Waals surface area contributed by atoms with Gasteiger partial charge in [-0.3, -0.25) is 4.40 Å². The molecule has 0 saturated carbocycles. The minimum atomic E-state index is -0.362. The van der Waals surface area contributed by atoms with Gasteiger partial charge in [0.05, 0.1) is 29.8 Å². The van der Waals surface area contributed by atoms with E-state index >= 15 is 0 Å². The lowest BCUT2D eigenvalue weighted by molar-refractivity contribution is 0.203. The molecule has 4 aromatic rings. The second-order valence-electron chi connectivity index (χ2n) is 8.55. The number of piperidine rings is 1. The van der Waals surface area contributed by atoms with Crippen LogP contribution < -0.4 is 4.74 Å². The highest BCUT2D eigenvalue weighted by atomic mass is 16.5. The van der Waals surface area contributed by atoms with E-state index in [0.717, 1.165) is 35.5 Å². The van der Waals surface area contributed by atoms with E-state index < -0.39 is 0 Å². The zero-order valence-corrected chi connectivity index (χ0v) is 19.8. The molecule has 1 aliphatic rings. The Labute approximate surface area is 202 Å². The fraction of sp³-hybridized carbons (Fsp3) is 0.435. The van der Waals surface area contributed by atoms with Crippen molar-refractivity contribution in [3.63, 3.8) is 0 Å². The van der Waals surface area contributed by atoms with Gasteiger partial charge in [0.15, 0.2) is 6.19 Å². The molecule has 0 aromatic carbocycles. The molecule has 1 saturated heterocycles. The number of likely N-dealkylation sites (tertiary alicyclic amines) is 1. The fourth-order valence-electron chi connectivity index (χ4n) is 4.61. The first-order valence-electron chi connectivity index (χ1n) is 11.6. The number of nitrogens with zero attached hydrogens (tertiary/aromatic N) is 11. The molecule has 0 spiro atoms. The Kier molecular flexibility index (Phi) is 5.79. The minimum absolute atomic E-state index is 0.193. The lowest BCUT2D eigenvalue weighted by atomic mass is 10.0. The molecular weight excluding hydrogens is 446 g/mol. The molecule has 5 rings (SSSR count). The Morgan fingerprint density at radius 2 is 1.97 bits per heavy atom. The van der Waals surface area contributed by atoms with Crippen LogP contribution in [0.1, 0.15) is 55.9 Å². The van der Waals surface area contributed by atoms with Crippen molar-refractivity contribution in [2.75, 3.05) is 13.1 Å². The third-order valence-electron chi connectivity index (χ3n) is 6.50. The number of fused-ring (bicyclic) bond motifs is 1. The number of imidazole rings is 1. The van der Waals surface area contributed by atoms with E-state index in [1.165, 1.54) is 6.20 Å². The van der Waals surface area contributed by atoms with E-state index in [1.807, 2.05) is 37.6 Å². The van der Waals surface area contributed by atoms with E-state index in [9.17, 15) is 5.26 Å². The predicted octanol–water partition coefficient (Wildman–Crippen LogP) is 2.64. The highest BCUT2D eigenvalue weighted by molar-refractivity contribution is 5.68. The van der Waals surface area contributed by atoms with Crippen LogP contribution in [0.25, 0.3) is 16.9 Å². The highest BCUT2D eigenvalue weighted by Gasteiger charge is 2.25. The Balaban J connectivity index is 1.52. The lowest BCUT2D eigenvalue weighted by Gasteiger charge is -2.28. The number of aromatic nitrogens is 8. The van der Waals surface area contributed by atoms with Gasteiger partial charge in [-0.05, 0) is 39.7 Å². The normalized spacial score (nSPS) is 15.2. The molecule has 0 amide bonds. The van der Waals surface area contributed by atoms with Gasteiger partial charge in [-0.2, -0.15) is 10.5 Å². The fourth-order valence-corrected chi connectivity index (χ4v) is 4.61. The van der Waals surface area contributed by atoms with Crippen molar-refractivity contribution in [3.8, 4) is 29.4 Å². The average molecular weight is 472 g/mol. The van der Waals surface area contributed by atoms with E-state index in [2.05, 4.69) is 37.9 Å². The van der Waals surface area contributed by atoms with Crippen molar-refractivity contribution in [1.29, 1.82) is 10.5 Å². The number of rotatable bonds is 6. The molecular formula is C23H25N11O. The summed E-state index contributed by atoms with van der Waals surface area (Å²) < 4.78 is 11.8. The molecule has 0 N–H and O–H groups in total. The lowest BCUT2D eigenvalue weighted by Crippen LogP contribution is -2.31. The molecule has 0 bridgehead atoms. The zero-order chi connectivity index (χ0) is 24.5. The summed E-state index contributed by atoms with van der Waals surface area (Å²) in [5, 5.41) is 35.8. The molecule has 1 unspecified atom stereocenters. The van der Waals surface area contributed by atoms with Gasteiger partial charge in [0.25, 0.3) is 0 Å². The summed E-state index contributed by atoms with van der Waals surface area (Å²) in [6.45, 7) is 8.00. The van der Waals surface area contributed by atoms with Crippen LogP contribution in [-0.2, 0) is 6.54 Å². The molecule has 0 radical (unpaired) electrons. The van der Waals surface area contributed by atoms with Crippen LogP contribution in [0.2, 0.25) is 0 Å². The number of pyridine rings is 1. The molecule has 12 heteroatoms. The zero-order valence-electron chi connectivity index (χ0n) is 19.8. The second-order valence-corrected chi connectivity index (χ2v) is 8.55. The maximum absolute atomic E-state index is 9.62. The molecule has 1 aliphatic heterocycles. The van der Waals surface area contributed by atoms with E-state index in [4.69, 9.17) is 10.00 Å². The smallest absolute Gasteiger partial charge is 0.201 e. The molecule has 1 fully saturated rings. The van der Waals surface area contributed by atoms with E-state index in [-0.39, 0.29) is 12.1 Å². The third-order valence-corrected chi connectivity index (χ3v) is 6.50. The maximum Gasteiger partial charge on any atom is 0.201 e. The van der Waals surface area contributed by atoms with Gasteiger partial charge >= 0.3 is 0 Å². The predicted molar refractivity (Wildman–Crippen MR) is 124 cm³/mol. The Morgan fingerprint density at radius 1 is 1.17 bits per heavy atom. The van der Waals surface area contributed by atoms with Gasteiger partial charge in [0, 0.05) is 31.3 Å². The standard InChI is InChI=1S/C23H25N11O/c1-4-32-20(13-27-29-32)16(3)35-22-10-17(9-21-26-12-19(11-24)33(21)22)23-15(2)34(30-28-23)18-5-7-31(14-25)8-6-18/h9-10,12-13,16,18H,4-8H2,1-3H3. The first-order chi connectivity index (χ1) is 17.0. The van der Waals surface area contributed by atoms with Crippen molar-refractivity contribution in [2.24, 2.45) is 0 Å². The van der Waals surface area contributed by atoms with E-state index in [1.54, 1.807) is 20.2 Å². The summed E-state index contributed by atoms with van der Waals surface area (Å²) in [4.78, 5) is 6.19. The van der Waals surface area contributed by atoms with Crippen LogP contribution in [0.4, 0.5) is 0 Å². The van der Waals surface area contributed by atoms with Crippen LogP contribution in [0, 0.1) is 29.7 Å². The quantitative estimate of drug-likeness (QED) is 0.388. The first-order valence-corrected chi connectivity index (χ1v) is 11.6. The minimum Gasteiger partial charge on any atom is -0.469 e. The Morgan fingerprint density at radius 3 is 2.69 bits per heavy atom. The molecule has 5 heterocycles. The number of hydrogen-bond acceptors (Lipinski definition) is 9. The third kappa shape index (κ3) is 3.93. The van der Waals surface area contributed by atoms with Crippen molar-refractivity contribution in [1.82, 2.24) is 44.3 Å². The number of nitriles is 2. The average Bonchev–Trinajstić information content (AvgIpc) is 3.62. The largest absolute Gasteiger partial charge is 0.469 e. The summed E-state index contributed by atoms with van der Waals surface area (Å²) in [6, 6.07) is 6.12. The SMILES string of the molecule is CCn1nncc1C(C)Oc1cc(-c2nnn(C3CCN(C#N)CC3)c2C)cc2ncc(C#N)n12. The molecule has 0 aliphatic carbocycles. The topological polar surface area (TPSA) is 139 Å². The van der Waals surface area contributed by atoms with Crippen LogP contribution in [0.3, 0.4) is 0 Å². The number of ether oxygens (including phenoxy) is 1. The molecule has 1 atom stereocenters. The summed E-state index contributed by atoms with van der Waals surface area (Å²) in [6.07, 6.45) is 6.75. The monoisotopic (exact) mass is 471 g/mol. The first kappa shape index (κ1) is 22.3. The van der Waals surface area contributed by atoms with Gasteiger partial charge in [0.1, 0.15) is 29.2 Å². The maximum atomic E-state index is 9.62. The Hall–Kier alpha value is -4.45. The summed E-state index contributed by atoms with van der Waals surface area (Å²) in [5.74, 6) is 0.471.